The van der Waals surface area contributed by atoms with Gasteiger partial charge in [-0.2, -0.15) is 5.10 Å². The fourth-order valence-electron chi connectivity index (χ4n) is 3.11. The Morgan fingerprint density at radius 2 is 2.04 bits per heavy atom. The molecule has 128 valence electrons. The van der Waals surface area contributed by atoms with Crippen molar-refractivity contribution < 1.29 is 9.90 Å². The van der Waals surface area contributed by atoms with Crippen LogP contribution in [0.1, 0.15) is 37.7 Å². The monoisotopic (exact) mass is 328 g/mol. The van der Waals surface area contributed by atoms with Crippen LogP contribution < -0.4 is 10.6 Å². The minimum atomic E-state index is -0.740. The zero-order valence-corrected chi connectivity index (χ0v) is 13.7. The number of amides is 2. The molecule has 24 heavy (non-hydrogen) atoms. The molecule has 1 aromatic carbocycles. The van der Waals surface area contributed by atoms with Crippen molar-refractivity contribution in [1.29, 1.82) is 0 Å². The summed E-state index contributed by atoms with van der Waals surface area (Å²) in [5.74, 6) is 0. The molecule has 3 rings (SSSR count). The molecule has 1 fully saturated rings. The van der Waals surface area contributed by atoms with Gasteiger partial charge in [0.25, 0.3) is 0 Å². The van der Waals surface area contributed by atoms with Gasteiger partial charge in [-0.3, -0.25) is 0 Å². The highest BCUT2D eigenvalue weighted by atomic mass is 16.3. The van der Waals surface area contributed by atoms with Crippen LogP contribution in [-0.2, 0) is 6.54 Å². The van der Waals surface area contributed by atoms with Crippen molar-refractivity contribution in [2.24, 2.45) is 0 Å². The van der Waals surface area contributed by atoms with E-state index in [4.69, 9.17) is 0 Å². The van der Waals surface area contributed by atoms with E-state index in [1.54, 1.807) is 10.9 Å². The molecular formula is C18H24N4O2. The summed E-state index contributed by atoms with van der Waals surface area (Å²) < 4.78 is 1.78. The Bertz CT molecular complexity index is 663. The highest BCUT2D eigenvalue weighted by Crippen LogP contribution is 2.27. The predicted octanol–water partition coefficient (Wildman–Crippen LogP) is 2.37. The number of carbonyl (C=O) groups is 1. The molecule has 1 aliphatic carbocycles. The first-order chi connectivity index (χ1) is 11.6. The van der Waals surface area contributed by atoms with Gasteiger partial charge in [0, 0.05) is 25.5 Å². The molecule has 0 spiro atoms. The summed E-state index contributed by atoms with van der Waals surface area (Å²) in [6, 6.07) is 9.47. The normalized spacial score (nSPS) is 16.5. The number of urea groups is 1. The lowest BCUT2D eigenvalue weighted by Crippen LogP contribution is -2.47. The number of rotatable bonds is 5. The molecule has 0 saturated heterocycles. The van der Waals surface area contributed by atoms with Crippen molar-refractivity contribution in [1.82, 2.24) is 20.4 Å². The van der Waals surface area contributed by atoms with Gasteiger partial charge in [-0.05, 0) is 36.6 Å². The van der Waals surface area contributed by atoms with Gasteiger partial charge in [0.2, 0.25) is 0 Å². The van der Waals surface area contributed by atoms with Gasteiger partial charge in [-0.15, -0.1) is 0 Å². The molecule has 1 saturated carbocycles. The molecule has 1 heterocycles. The van der Waals surface area contributed by atoms with Gasteiger partial charge in [0.15, 0.2) is 0 Å². The van der Waals surface area contributed by atoms with E-state index in [9.17, 15) is 9.90 Å². The maximum Gasteiger partial charge on any atom is 0.315 e. The van der Waals surface area contributed by atoms with Gasteiger partial charge >= 0.3 is 6.03 Å². The number of nitrogens with one attached hydrogen (secondary N) is 2. The number of nitrogens with zero attached hydrogens (tertiary/aromatic N) is 2. The lowest BCUT2D eigenvalue weighted by atomic mass is 9.85. The third kappa shape index (κ3) is 4.35. The Kier molecular flexibility index (Phi) is 5.15. The van der Waals surface area contributed by atoms with Gasteiger partial charge in [0.1, 0.15) is 0 Å². The third-order valence-electron chi connectivity index (χ3n) is 4.49. The van der Waals surface area contributed by atoms with Crippen LogP contribution >= 0.6 is 0 Å². The molecule has 3 N–H and O–H groups in total. The van der Waals surface area contributed by atoms with Crippen molar-refractivity contribution in [3.8, 4) is 5.69 Å². The summed E-state index contributed by atoms with van der Waals surface area (Å²) >= 11 is 0. The first kappa shape index (κ1) is 16.5. The van der Waals surface area contributed by atoms with E-state index in [0.29, 0.717) is 13.1 Å². The Morgan fingerprint density at radius 1 is 1.21 bits per heavy atom. The first-order valence-electron chi connectivity index (χ1n) is 8.48. The molecule has 1 aromatic heterocycles. The Balaban J connectivity index is 1.48. The second kappa shape index (κ2) is 7.49. The van der Waals surface area contributed by atoms with Gasteiger partial charge in [-0.25, -0.2) is 9.48 Å². The lowest BCUT2D eigenvalue weighted by molar-refractivity contribution is 0.00719. The summed E-state index contributed by atoms with van der Waals surface area (Å²) in [5.41, 5.74) is 1.21. The maximum absolute atomic E-state index is 12.0. The molecule has 0 unspecified atom stereocenters. The van der Waals surface area contributed by atoms with Crippen molar-refractivity contribution >= 4 is 6.03 Å². The molecule has 2 aromatic rings. The van der Waals surface area contributed by atoms with Crippen molar-refractivity contribution in [3.05, 3.63) is 48.3 Å². The molecule has 0 aliphatic heterocycles. The standard InChI is InChI=1S/C18H24N4O2/c23-17(20-14-18(24)8-2-1-3-9-18)19-13-15-6-4-7-16(12-15)22-11-5-10-21-22/h4-7,10-12,24H,1-3,8-9,13-14H2,(H2,19,20,23). The summed E-state index contributed by atoms with van der Waals surface area (Å²) in [4.78, 5) is 12.0. The van der Waals surface area contributed by atoms with Crippen molar-refractivity contribution in [2.75, 3.05) is 6.54 Å². The minimum Gasteiger partial charge on any atom is -0.388 e. The minimum absolute atomic E-state index is 0.251. The summed E-state index contributed by atoms with van der Waals surface area (Å²) in [6.07, 6.45) is 8.36. The molecule has 0 radical (unpaired) electrons. The molecule has 0 bridgehead atoms. The second-order valence-electron chi connectivity index (χ2n) is 6.44. The van der Waals surface area contributed by atoms with Crippen molar-refractivity contribution in [3.63, 3.8) is 0 Å². The van der Waals surface area contributed by atoms with E-state index >= 15 is 0 Å². The Labute approximate surface area is 141 Å². The fraction of sp³-hybridized carbons (Fsp3) is 0.444. The zero-order chi connectivity index (χ0) is 16.8. The van der Waals surface area contributed by atoms with Crippen LogP contribution in [0.4, 0.5) is 4.79 Å². The SMILES string of the molecule is O=C(NCc1cccc(-n2cccn2)c1)NCC1(O)CCCCC1. The predicted molar refractivity (Wildman–Crippen MR) is 91.8 cm³/mol. The van der Waals surface area contributed by atoms with Gasteiger partial charge < -0.3 is 15.7 Å². The van der Waals surface area contributed by atoms with E-state index in [1.807, 2.05) is 36.5 Å². The largest absolute Gasteiger partial charge is 0.388 e. The van der Waals surface area contributed by atoms with E-state index in [-0.39, 0.29) is 6.03 Å². The summed E-state index contributed by atoms with van der Waals surface area (Å²) in [7, 11) is 0. The smallest absolute Gasteiger partial charge is 0.315 e. The highest BCUT2D eigenvalue weighted by molar-refractivity contribution is 5.73. The average Bonchev–Trinajstić information content (AvgIpc) is 3.14. The molecule has 1 aliphatic rings. The van der Waals surface area contributed by atoms with Crippen LogP contribution in [0.15, 0.2) is 42.7 Å². The third-order valence-corrected chi connectivity index (χ3v) is 4.49. The quantitative estimate of drug-likeness (QED) is 0.788. The molecule has 6 nitrogen and oxygen atoms in total. The van der Waals surface area contributed by atoms with Crippen LogP contribution in [0, 0.1) is 0 Å². The number of aromatic nitrogens is 2. The van der Waals surface area contributed by atoms with E-state index in [0.717, 1.165) is 36.9 Å². The topological polar surface area (TPSA) is 79.2 Å². The zero-order valence-electron chi connectivity index (χ0n) is 13.7. The van der Waals surface area contributed by atoms with Crippen LogP contribution in [0.3, 0.4) is 0 Å². The molecule has 6 heteroatoms. The van der Waals surface area contributed by atoms with Crippen LogP contribution in [0.2, 0.25) is 0 Å². The van der Waals surface area contributed by atoms with Crippen LogP contribution in [0.25, 0.3) is 5.69 Å². The Hall–Kier alpha value is -2.34. The number of benzene rings is 1. The second-order valence-corrected chi connectivity index (χ2v) is 6.44. The van der Waals surface area contributed by atoms with E-state index in [1.165, 1.54) is 6.42 Å². The number of hydrogen-bond donors (Lipinski definition) is 3. The summed E-state index contributed by atoms with van der Waals surface area (Å²) in [5, 5.41) is 20.2. The number of hydrogen-bond acceptors (Lipinski definition) is 3. The maximum atomic E-state index is 12.0. The molecule has 0 atom stereocenters. The number of carbonyl (C=O) groups excluding carboxylic acids is 1. The van der Waals surface area contributed by atoms with Crippen LogP contribution in [0.5, 0.6) is 0 Å². The van der Waals surface area contributed by atoms with Gasteiger partial charge in [-0.1, -0.05) is 31.4 Å². The number of aliphatic hydroxyl groups is 1. The van der Waals surface area contributed by atoms with Crippen molar-refractivity contribution in [2.45, 2.75) is 44.2 Å². The molecule has 2 amide bonds. The summed E-state index contributed by atoms with van der Waals surface area (Å²) in [6.45, 7) is 0.742. The average molecular weight is 328 g/mol. The van der Waals surface area contributed by atoms with E-state index in [2.05, 4.69) is 15.7 Å². The lowest BCUT2D eigenvalue weighted by Gasteiger charge is -2.32. The highest BCUT2D eigenvalue weighted by Gasteiger charge is 2.29. The Morgan fingerprint density at radius 3 is 2.79 bits per heavy atom. The van der Waals surface area contributed by atoms with Crippen LogP contribution in [-0.4, -0.2) is 33.1 Å². The molecular weight excluding hydrogens is 304 g/mol. The fourth-order valence-corrected chi connectivity index (χ4v) is 3.11. The first-order valence-corrected chi connectivity index (χ1v) is 8.48. The van der Waals surface area contributed by atoms with Gasteiger partial charge in [0.05, 0.1) is 11.3 Å². The van der Waals surface area contributed by atoms with E-state index < -0.39 is 5.60 Å².